The summed E-state index contributed by atoms with van der Waals surface area (Å²) in [5.74, 6) is 0. The van der Waals surface area contributed by atoms with Crippen LogP contribution in [0.2, 0.25) is 0 Å². The number of hydrogen-bond donors (Lipinski definition) is 2. The molecule has 2 aliphatic rings. The zero-order valence-corrected chi connectivity index (χ0v) is 11.4. The van der Waals surface area contributed by atoms with Crippen LogP contribution in [-0.2, 0) is 0 Å². The Hall–Kier alpha value is -1.81. The average molecular weight is 277 g/mol. The maximum absolute atomic E-state index is 11.5. The summed E-state index contributed by atoms with van der Waals surface area (Å²) in [6.45, 7) is 4.17. The Bertz CT molecular complexity index is 870. The molecule has 0 amide bonds. The summed E-state index contributed by atoms with van der Waals surface area (Å²) < 4.78 is 0. The van der Waals surface area contributed by atoms with E-state index >= 15 is 0 Å². The Kier molecular flexibility index (Phi) is 2.47. The molecule has 0 aromatic carbocycles. The van der Waals surface area contributed by atoms with Gasteiger partial charge in [0.2, 0.25) is 0 Å². The summed E-state index contributed by atoms with van der Waals surface area (Å²) in [7, 11) is 0. The third-order valence-electron chi connectivity index (χ3n) is 3.93. The van der Waals surface area contributed by atoms with Crippen molar-refractivity contribution in [2.24, 2.45) is 5.41 Å². The number of fused-ring (bicyclic) bond motifs is 2. The monoisotopic (exact) mass is 276 g/mol. The summed E-state index contributed by atoms with van der Waals surface area (Å²) in [5.41, 5.74) is 0.380. The first-order valence-electron chi connectivity index (χ1n) is 6.15. The molecule has 2 aliphatic carbocycles. The fraction of sp³-hybridized carbons (Fsp3) is 0.286. The smallest absolute Gasteiger partial charge is 0.314 e. The number of allylic oxidation sites excluding steroid dienone is 4. The van der Waals surface area contributed by atoms with E-state index in [1.54, 1.807) is 0 Å². The van der Waals surface area contributed by atoms with Gasteiger partial charge in [-0.1, -0.05) is 31.5 Å². The molecule has 0 saturated carbocycles. The number of hydrogen-bond acceptors (Lipinski definition) is 2. The van der Waals surface area contributed by atoms with Crippen LogP contribution >= 0.6 is 11.6 Å². The van der Waals surface area contributed by atoms with Crippen LogP contribution in [0.4, 0.5) is 0 Å². The van der Waals surface area contributed by atoms with Crippen LogP contribution in [0.25, 0.3) is 11.6 Å². The lowest BCUT2D eigenvalue weighted by Gasteiger charge is -2.30. The van der Waals surface area contributed by atoms with E-state index < -0.39 is 11.1 Å². The highest BCUT2D eigenvalue weighted by Crippen LogP contribution is 2.44. The highest BCUT2D eigenvalue weighted by molar-refractivity contribution is 6.33. The van der Waals surface area contributed by atoms with Gasteiger partial charge in [-0.05, 0) is 24.1 Å². The lowest BCUT2D eigenvalue weighted by atomic mass is 9.74. The number of nitrogens with one attached hydrogen (secondary N) is 2. The van der Waals surface area contributed by atoms with Crippen molar-refractivity contribution in [2.45, 2.75) is 20.3 Å². The first-order chi connectivity index (χ1) is 8.96. The third kappa shape index (κ3) is 1.60. The zero-order valence-electron chi connectivity index (χ0n) is 10.6. The van der Waals surface area contributed by atoms with Crippen molar-refractivity contribution >= 4 is 23.3 Å². The van der Waals surface area contributed by atoms with E-state index in [-0.39, 0.29) is 5.41 Å². The summed E-state index contributed by atoms with van der Waals surface area (Å²) in [6.07, 6.45) is 6.62. The molecule has 0 saturated heterocycles. The van der Waals surface area contributed by atoms with Gasteiger partial charge in [0, 0.05) is 16.0 Å². The van der Waals surface area contributed by atoms with Crippen LogP contribution in [0.15, 0.2) is 32.3 Å². The van der Waals surface area contributed by atoms with Gasteiger partial charge in [0.15, 0.2) is 0 Å². The van der Waals surface area contributed by atoms with Crippen molar-refractivity contribution in [1.82, 2.24) is 9.97 Å². The van der Waals surface area contributed by atoms with Crippen LogP contribution < -0.4 is 21.8 Å². The SMILES string of the molecule is CCC1(C)C=CC(Cl)=C2C=c3[nH]c(=O)c(=O)[nH]c3=C21. The average Bonchev–Trinajstić information content (AvgIpc) is 2.75. The van der Waals surface area contributed by atoms with E-state index in [2.05, 4.69) is 23.8 Å². The summed E-state index contributed by atoms with van der Waals surface area (Å²) in [5, 5.41) is 1.92. The molecule has 0 bridgehead atoms. The largest absolute Gasteiger partial charge is 0.316 e. The van der Waals surface area contributed by atoms with Crippen molar-refractivity contribution in [3.05, 3.63) is 54.2 Å². The molecule has 3 rings (SSSR count). The maximum Gasteiger partial charge on any atom is 0.314 e. The second kappa shape index (κ2) is 3.84. The Labute approximate surface area is 113 Å². The second-order valence-corrected chi connectivity index (χ2v) is 5.49. The maximum atomic E-state index is 11.5. The number of halogens is 1. The minimum Gasteiger partial charge on any atom is -0.316 e. The quantitative estimate of drug-likeness (QED) is 0.733. The summed E-state index contributed by atoms with van der Waals surface area (Å²) in [4.78, 5) is 28.2. The molecule has 1 aromatic heterocycles. The third-order valence-corrected chi connectivity index (χ3v) is 4.26. The Morgan fingerprint density at radius 3 is 2.63 bits per heavy atom. The molecule has 0 aliphatic heterocycles. The number of aromatic nitrogens is 2. The molecule has 98 valence electrons. The normalized spacial score (nSPS) is 24.3. The van der Waals surface area contributed by atoms with Gasteiger partial charge >= 0.3 is 11.1 Å². The molecule has 5 heteroatoms. The molecule has 0 fully saturated rings. The van der Waals surface area contributed by atoms with Crippen molar-refractivity contribution in [3.63, 3.8) is 0 Å². The number of aromatic amines is 2. The fourth-order valence-electron chi connectivity index (χ4n) is 2.64. The van der Waals surface area contributed by atoms with Crippen LogP contribution in [0.1, 0.15) is 20.3 Å². The van der Waals surface area contributed by atoms with E-state index in [4.69, 9.17) is 11.6 Å². The predicted molar refractivity (Wildman–Crippen MR) is 75.2 cm³/mol. The molecule has 0 spiro atoms. The van der Waals surface area contributed by atoms with Gasteiger partial charge in [0.1, 0.15) is 0 Å². The number of rotatable bonds is 1. The molecule has 2 N–H and O–H groups in total. The van der Waals surface area contributed by atoms with E-state index in [1.165, 1.54) is 0 Å². The van der Waals surface area contributed by atoms with Gasteiger partial charge in [-0.2, -0.15) is 0 Å². The van der Waals surface area contributed by atoms with Gasteiger partial charge < -0.3 is 9.97 Å². The van der Waals surface area contributed by atoms with Gasteiger partial charge in [0.05, 0.1) is 10.7 Å². The predicted octanol–water partition coefficient (Wildman–Crippen LogP) is 0.487. The van der Waals surface area contributed by atoms with Crippen LogP contribution in [0.5, 0.6) is 0 Å². The highest BCUT2D eigenvalue weighted by Gasteiger charge is 2.33. The Morgan fingerprint density at radius 2 is 1.95 bits per heavy atom. The molecular weight excluding hydrogens is 264 g/mol. The molecular formula is C14H13ClN2O2. The lowest BCUT2D eigenvalue weighted by molar-refractivity contribution is 0.544. The topological polar surface area (TPSA) is 65.7 Å². The fourth-order valence-corrected chi connectivity index (χ4v) is 2.85. The van der Waals surface area contributed by atoms with E-state index in [1.807, 2.05) is 18.2 Å². The minimum atomic E-state index is -0.642. The van der Waals surface area contributed by atoms with Crippen molar-refractivity contribution in [3.8, 4) is 0 Å². The molecule has 4 nitrogen and oxygen atoms in total. The van der Waals surface area contributed by atoms with Crippen molar-refractivity contribution in [2.75, 3.05) is 0 Å². The molecule has 19 heavy (non-hydrogen) atoms. The Balaban J connectivity index is 2.53. The van der Waals surface area contributed by atoms with Crippen molar-refractivity contribution in [1.29, 1.82) is 0 Å². The number of H-pyrrole nitrogens is 2. The highest BCUT2D eigenvalue weighted by atomic mass is 35.5. The molecule has 1 atom stereocenters. The lowest BCUT2D eigenvalue weighted by Crippen LogP contribution is -2.47. The molecule has 1 aromatic rings. The van der Waals surface area contributed by atoms with Gasteiger partial charge in [0.25, 0.3) is 0 Å². The Morgan fingerprint density at radius 1 is 1.26 bits per heavy atom. The van der Waals surface area contributed by atoms with E-state index in [0.717, 1.165) is 17.6 Å². The second-order valence-electron chi connectivity index (χ2n) is 5.08. The molecule has 1 unspecified atom stereocenters. The summed E-state index contributed by atoms with van der Waals surface area (Å²) in [6, 6.07) is 0. The standard InChI is InChI=1S/C14H13ClN2O2/c1-3-14(2)5-4-8(15)7-6-9-11(10(7)14)17-13(19)12(18)16-9/h4-6H,3H2,1-2H3,(H,16,18)(H,17,19). The van der Waals surface area contributed by atoms with Gasteiger partial charge in [-0.3, -0.25) is 9.59 Å². The molecule has 0 radical (unpaired) electrons. The zero-order chi connectivity index (χ0) is 13.8. The van der Waals surface area contributed by atoms with E-state index in [0.29, 0.717) is 15.7 Å². The minimum absolute atomic E-state index is 0.198. The van der Waals surface area contributed by atoms with Crippen LogP contribution in [-0.4, -0.2) is 9.97 Å². The molecule has 1 heterocycles. The van der Waals surface area contributed by atoms with E-state index in [9.17, 15) is 9.59 Å². The van der Waals surface area contributed by atoms with Gasteiger partial charge in [-0.15, -0.1) is 0 Å². The first-order valence-corrected chi connectivity index (χ1v) is 6.52. The van der Waals surface area contributed by atoms with Crippen molar-refractivity contribution < 1.29 is 0 Å². The van der Waals surface area contributed by atoms with Crippen LogP contribution in [0.3, 0.4) is 0 Å². The van der Waals surface area contributed by atoms with Crippen LogP contribution in [0, 0.1) is 5.41 Å². The van der Waals surface area contributed by atoms with Gasteiger partial charge in [-0.25, -0.2) is 0 Å². The summed E-state index contributed by atoms with van der Waals surface area (Å²) >= 11 is 6.23. The first kappa shape index (κ1) is 12.2.